The second-order valence-electron chi connectivity index (χ2n) is 7.09. The van der Waals surface area contributed by atoms with E-state index in [4.69, 9.17) is 97.5 Å². The molecule has 3 fully saturated rings. The van der Waals surface area contributed by atoms with E-state index in [-0.39, 0.29) is 11.8 Å². The van der Waals surface area contributed by atoms with E-state index in [2.05, 4.69) is 0 Å². The molecule has 0 spiro atoms. The molecule has 1 saturated heterocycles. The number of allylic oxidation sites excluding steroid dienone is 2. The Kier molecular flexibility index (Phi) is 3.25. The first-order valence-electron chi connectivity index (χ1n) is 7.05. The molecular formula is C14H8Cl8O. The lowest BCUT2D eigenvalue weighted by molar-refractivity contribution is 0.0156. The summed E-state index contributed by atoms with van der Waals surface area (Å²) in [7, 11) is 0. The Hall–Kier alpha value is 1.76. The summed E-state index contributed by atoms with van der Waals surface area (Å²) in [4.78, 5) is -3.72. The minimum Gasteiger partial charge on any atom is -0.370 e. The van der Waals surface area contributed by atoms with E-state index < -0.39 is 31.7 Å². The molecule has 0 aromatic rings. The van der Waals surface area contributed by atoms with Crippen molar-refractivity contribution in [2.75, 3.05) is 0 Å². The zero-order valence-corrected chi connectivity index (χ0v) is 17.2. The molecular weight excluding hydrogens is 468 g/mol. The molecule has 0 aromatic heterocycles. The van der Waals surface area contributed by atoms with Gasteiger partial charge in [-0.15, -0.1) is 46.4 Å². The Morgan fingerprint density at radius 1 is 0.609 bits per heavy atom. The highest BCUT2D eigenvalue weighted by Gasteiger charge is 2.83. The van der Waals surface area contributed by atoms with Gasteiger partial charge in [0.2, 0.25) is 0 Å². The van der Waals surface area contributed by atoms with Crippen molar-refractivity contribution in [1.82, 2.24) is 0 Å². The maximum Gasteiger partial charge on any atom is 0.110 e. The molecule has 4 aliphatic carbocycles. The number of alkyl halides is 4. The summed E-state index contributed by atoms with van der Waals surface area (Å²) in [5.41, 5.74) is 0. The molecule has 0 amide bonds. The number of rotatable bonds is 0. The van der Waals surface area contributed by atoms with Crippen LogP contribution in [0.2, 0.25) is 0 Å². The van der Waals surface area contributed by atoms with Crippen LogP contribution in [0.15, 0.2) is 20.1 Å². The highest BCUT2D eigenvalue weighted by atomic mass is 35.5. The molecule has 4 bridgehead atoms. The molecule has 23 heavy (non-hydrogen) atoms. The maximum atomic E-state index is 6.90. The zero-order valence-electron chi connectivity index (χ0n) is 11.2. The smallest absolute Gasteiger partial charge is 0.110 e. The van der Waals surface area contributed by atoms with Gasteiger partial charge in [-0.2, -0.15) is 0 Å². The third-order valence-corrected chi connectivity index (χ3v) is 11.1. The van der Waals surface area contributed by atoms with Gasteiger partial charge in [0.1, 0.15) is 9.75 Å². The zero-order chi connectivity index (χ0) is 16.7. The predicted octanol–water partition coefficient (Wildman–Crippen LogP) is 6.11. The summed E-state index contributed by atoms with van der Waals surface area (Å²) < 4.78 is 6.26. The van der Waals surface area contributed by atoms with Crippen molar-refractivity contribution in [2.45, 2.75) is 44.5 Å². The van der Waals surface area contributed by atoms with Crippen molar-refractivity contribution in [3.8, 4) is 0 Å². The van der Waals surface area contributed by atoms with E-state index in [1.807, 2.05) is 0 Å². The monoisotopic (exact) mass is 472 g/mol. The van der Waals surface area contributed by atoms with E-state index >= 15 is 0 Å². The summed E-state index contributed by atoms with van der Waals surface area (Å²) in [5, 5.41) is 1.45. The highest BCUT2D eigenvalue weighted by Crippen LogP contribution is 2.78. The van der Waals surface area contributed by atoms with Gasteiger partial charge in [-0.05, 0) is 12.8 Å². The third kappa shape index (κ3) is 1.53. The molecule has 0 N–H and O–H groups in total. The quantitative estimate of drug-likeness (QED) is 0.384. The van der Waals surface area contributed by atoms with Crippen molar-refractivity contribution in [3.63, 3.8) is 0 Å². The average molecular weight is 476 g/mol. The molecule has 1 nitrogen and oxygen atoms in total. The number of ether oxygens (including phenoxy) is 1. The molecule has 1 heterocycles. The molecule has 8 atom stereocenters. The topological polar surface area (TPSA) is 9.23 Å². The summed E-state index contributed by atoms with van der Waals surface area (Å²) in [5.74, 6) is -0.448. The minimum absolute atomic E-state index is 0.224. The Morgan fingerprint density at radius 3 is 1.26 bits per heavy atom. The van der Waals surface area contributed by atoms with Gasteiger partial charge in [0, 0.05) is 11.8 Å². The maximum absolute atomic E-state index is 6.90. The fourth-order valence-corrected chi connectivity index (χ4v) is 9.14. The number of hydrogen-bond donors (Lipinski definition) is 0. The van der Waals surface area contributed by atoms with Crippen molar-refractivity contribution in [2.24, 2.45) is 11.8 Å². The second-order valence-corrected chi connectivity index (χ2v) is 11.3. The van der Waals surface area contributed by atoms with Crippen molar-refractivity contribution in [3.05, 3.63) is 20.1 Å². The van der Waals surface area contributed by atoms with Crippen LogP contribution in [0, 0.1) is 11.8 Å². The summed E-state index contributed by atoms with van der Waals surface area (Å²) in [6.07, 6.45) is -0.0432. The lowest BCUT2D eigenvalue weighted by atomic mass is 9.74. The highest BCUT2D eigenvalue weighted by molar-refractivity contribution is 6.53. The Bertz CT molecular complexity index is 674. The Balaban J connectivity index is 1.71. The molecule has 8 unspecified atom stereocenters. The first kappa shape index (κ1) is 16.9. The van der Waals surface area contributed by atoms with Crippen LogP contribution in [0.1, 0.15) is 12.8 Å². The van der Waals surface area contributed by atoms with Gasteiger partial charge in [-0.1, -0.05) is 46.4 Å². The SMILES string of the molecule is ClC1=C(Cl)C2(Cl)CC1(Cl)C1OC3C(C12)C1(Cl)CC3(Cl)C(Cl)=C1Cl. The molecule has 9 heteroatoms. The van der Waals surface area contributed by atoms with Gasteiger partial charge in [0.15, 0.2) is 0 Å². The van der Waals surface area contributed by atoms with Gasteiger partial charge in [-0.3, -0.25) is 0 Å². The number of halogens is 8. The average Bonchev–Trinajstić information content (AvgIpc) is 3.14. The fourth-order valence-electron chi connectivity index (χ4n) is 5.31. The Labute approximate surface area is 173 Å². The van der Waals surface area contributed by atoms with Crippen molar-refractivity contribution < 1.29 is 4.74 Å². The van der Waals surface area contributed by atoms with Crippen LogP contribution < -0.4 is 0 Å². The second kappa shape index (κ2) is 4.42. The first-order valence-corrected chi connectivity index (χ1v) is 10.1. The van der Waals surface area contributed by atoms with Crippen molar-refractivity contribution in [1.29, 1.82) is 0 Å². The van der Waals surface area contributed by atoms with Gasteiger partial charge in [0.05, 0.1) is 42.1 Å². The van der Waals surface area contributed by atoms with Crippen LogP contribution in [0.25, 0.3) is 0 Å². The van der Waals surface area contributed by atoms with Crippen LogP contribution in [0.3, 0.4) is 0 Å². The van der Waals surface area contributed by atoms with Crippen LogP contribution >= 0.6 is 92.8 Å². The van der Waals surface area contributed by atoms with E-state index in [9.17, 15) is 0 Å². The summed E-state index contributed by atoms with van der Waals surface area (Å²) in [6, 6.07) is 0. The first-order chi connectivity index (χ1) is 10.5. The van der Waals surface area contributed by atoms with Gasteiger partial charge in [-0.25, -0.2) is 0 Å². The van der Waals surface area contributed by atoms with Crippen LogP contribution in [0.4, 0.5) is 0 Å². The molecule has 1 aliphatic heterocycles. The van der Waals surface area contributed by atoms with Crippen LogP contribution in [0.5, 0.6) is 0 Å². The molecule has 2 saturated carbocycles. The van der Waals surface area contributed by atoms with Crippen molar-refractivity contribution >= 4 is 92.8 Å². The predicted molar refractivity (Wildman–Crippen MR) is 96.7 cm³/mol. The number of fused-ring (bicyclic) bond motifs is 11. The largest absolute Gasteiger partial charge is 0.370 e. The van der Waals surface area contributed by atoms with E-state index in [1.165, 1.54) is 0 Å². The molecule has 0 radical (unpaired) electrons. The van der Waals surface area contributed by atoms with E-state index in [0.717, 1.165) is 0 Å². The van der Waals surface area contributed by atoms with Crippen LogP contribution in [-0.4, -0.2) is 31.7 Å². The lowest BCUT2D eigenvalue weighted by Crippen LogP contribution is -2.46. The summed E-state index contributed by atoms with van der Waals surface area (Å²) >= 11 is 52.9. The molecule has 0 aromatic carbocycles. The standard InChI is InChI=1S/C14H8Cl8O/c15-5-7(17)13(21)1-11(5,19)3-4-10(23-9(3)13)14(22)2-12(4,20)6(16)8(14)18/h3-4,9-10H,1-2H2. The normalized spacial score (nSPS) is 62.6. The Morgan fingerprint density at radius 2 is 0.913 bits per heavy atom. The van der Waals surface area contributed by atoms with Gasteiger partial charge >= 0.3 is 0 Å². The van der Waals surface area contributed by atoms with Gasteiger partial charge in [0.25, 0.3) is 0 Å². The molecule has 5 aliphatic rings. The van der Waals surface area contributed by atoms with Crippen LogP contribution in [-0.2, 0) is 4.74 Å². The summed E-state index contributed by atoms with van der Waals surface area (Å²) in [6.45, 7) is 0. The van der Waals surface area contributed by atoms with E-state index in [0.29, 0.717) is 33.0 Å². The molecule has 126 valence electrons. The number of hydrogen-bond acceptors (Lipinski definition) is 1. The third-order valence-electron chi connectivity index (χ3n) is 6.17. The minimum atomic E-state index is -0.950. The van der Waals surface area contributed by atoms with Gasteiger partial charge < -0.3 is 4.74 Å². The lowest BCUT2D eigenvalue weighted by Gasteiger charge is -2.39. The molecule has 5 rings (SSSR count). The van der Waals surface area contributed by atoms with E-state index in [1.54, 1.807) is 0 Å². The fraction of sp³-hybridized carbons (Fsp3) is 0.714.